The lowest BCUT2D eigenvalue weighted by atomic mass is 9.68. The molecule has 3 aliphatic heterocycles. The molecular formula is C32H38N2O3. The van der Waals surface area contributed by atoms with Crippen molar-refractivity contribution >= 4 is 5.97 Å². The molecule has 3 aromatic carbocycles. The van der Waals surface area contributed by atoms with Crippen molar-refractivity contribution in [3.63, 3.8) is 0 Å². The SMILES string of the molecule is COc1ccc(C(C)C)cc1CN[C@H]1[C@H]2CCN([C@H](C(=O)O)C2)[C@H]1C(c1ccccc1)c1ccccc1. The molecule has 37 heavy (non-hydrogen) atoms. The molecule has 3 saturated heterocycles. The summed E-state index contributed by atoms with van der Waals surface area (Å²) in [5, 5.41) is 14.1. The third-order valence-corrected chi connectivity index (χ3v) is 8.39. The number of rotatable bonds is 9. The number of hydrogen-bond acceptors (Lipinski definition) is 4. The highest BCUT2D eigenvalue weighted by atomic mass is 16.5. The Morgan fingerprint density at radius 2 is 1.65 bits per heavy atom. The standard InChI is InChI=1S/C32H38N2O3/c1-21(2)24-14-15-28(37-3)26(18-24)20-33-30-25-16-17-34(27(19-25)32(35)36)31(30)29(22-10-6-4-7-11-22)23-12-8-5-9-13-23/h4-15,18,21,25,27,29-31,33H,16-17,19-20H2,1-3H3,(H,35,36)/t25-,27-,30-,31-/m0/s1. The number of carboxylic acids is 1. The van der Waals surface area contributed by atoms with Crippen molar-refractivity contribution in [2.45, 2.75) is 63.2 Å². The molecule has 0 aromatic heterocycles. The molecule has 5 heteroatoms. The number of aliphatic carboxylic acids is 1. The summed E-state index contributed by atoms with van der Waals surface area (Å²) in [6, 6.07) is 27.3. The third kappa shape index (κ3) is 5.16. The monoisotopic (exact) mass is 498 g/mol. The predicted molar refractivity (Wildman–Crippen MR) is 147 cm³/mol. The fourth-order valence-corrected chi connectivity index (χ4v) is 6.54. The average Bonchev–Trinajstić information content (AvgIpc) is 2.93. The quantitative estimate of drug-likeness (QED) is 0.399. The van der Waals surface area contributed by atoms with Crippen molar-refractivity contribution in [1.82, 2.24) is 10.2 Å². The number of piperidine rings is 3. The Kier molecular flexibility index (Phi) is 7.63. The van der Waals surface area contributed by atoms with Gasteiger partial charge in [0.05, 0.1) is 7.11 Å². The highest BCUT2D eigenvalue weighted by Gasteiger charge is 2.52. The van der Waals surface area contributed by atoms with Crippen LogP contribution in [0.1, 0.15) is 60.8 Å². The molecule has 0 spiro atoms. The molecule has 0 saturated carbocycles. The van der Waals surface area contributed by atoms with E-state index in [9.17, 15) is 9.90 Å². The van der Waals surface area contributed by atoms with E-state index in [0.29, 0.717) is 24.8 Å². The van der Waals surface area contributed by atoms with Crippen LogP contribution < -0.4 is 10.1 Å². The van der Waals surface area contributed by atoms with E-state index in [2.05, 4.69) is 90.8 Å². The molecule has 0 radical (unpaired) electrons. The highest BCUT2D eigenvalue weighted by molar-refractivity contribution is 5.74. The lowest BCUT2D eigenvalue weighted by Crippen LogP contribution is -2.69. The van der Waals surface area contributed by atoms with Gasteiger partial charge in [-0.15, -0.1) is 0 Å². The molecule has 2 bridgehead atoms. The van der Waals surface area contributed by atoms with Gasteiger partial charge < -0.3 is 15.2 Å². The first-order valence-corrected chi connectivity index (χ1v) is 13.5. The summed E-state index contributed by atoms with van der Waals surface area (Å²) in [6.45, 7) is 5.91. The van der Waals surface area contributed by atoms with E-state index in [-0.39, 0.29) is 18.0 Å². The molecule has 3 heterocycles. The summed E-state index contributed by atoms with van der Waals surface area (Å²) in [6.07, 6.45) is 1.69. The normalized spacial score (nSPS) is 24.9. The van der Waals surface area contributed by atoms with Gasteiger partial charge in [0.1, 0.15) is 11.8 Å². The van der Waals surface area contributed by atoms with Gasteiger partial charge in [-0.1, -0.05) is 86.6 Å². The molecule has 6 rings (SSSR count). The van der Waals surface area contributed by atoms with E-state index in [1.807, 2.05) is 12.1 Å². The van der Waals surface area contributed by atoms with E-state index in [4.69, 9.17) is 4.74 Å². The average molecular weight is 499 g/mol. The van der Waals surface area contributed by atoms with E-state index >= 15 is 0 Å². The highest BCUT2D eigenvalue weighted by Crippen LogP contribution is 2.44. The molecule has 5 atom stereocenters. The minimum Gasteiger partial charge on any atom is -0.496 e. The second-order valence-electron chi connectivity index (χ2n) is 10.8. The molecular weight excluding hydrogens is 460 g/mol. The summed E-state index contributed by atoms with van der Waals surface area (Å²) in [4.78, 5) is 14.6. The number of nitrogens with zero attached hydrogens (tertiary/aromatic N) is 1. The lowest BCUT2D eigenvalue weighted by molar-refractivity contribution is -0.152. The lowest BCUT2D eigenvalue weighted by Gasteiger charge is -2.56. The first kappa shape index (κ1) is 25.5. The Morgan fingerprint density at radius 1 is 1.00 bits per heavy atom. The maximum absolute atomic E-state index is 12.4. The van der Waals surface area contributed by atoms with Crippen molar-refractivity contribution in [2.24, 2.45) is 5.92 Å². The second kappa shape index (κ2) is 11.1. The number of nitrogens with one attached hydrogen (secondary N) is 1. The fourth-order valence-electron chi connectivity index (χ4n) is 6.54. The number of hydrogen-bond donors (Lipinski definition) is 2. The van der Waals surface area contributed by atoms with Crippen molar-refractivity contribution in [3.05, 3.63) is 101 Å². The number of fused-ring (bicyclic) bond motifs is 3. The number of ether oxygens (including phenoxy) is 1. The molecule has 2 N–H and O–H groups in total. The van der Waals surface area contributed by atoms with Gasteiger partial charge in [-0.05, 0) is 54.0 Å². The Labute approximate surface area is 220 Å². The van der Waals surface area contributed by atoms with Crippen LogP contribution in [0.2, 0.25) is 0 Å². The molecule has 0 aliphatic carbocycles. The van der Waals surface area contributed by atoms with Crippen LogP contribution in [-0.4, -0.2) is 47.8 Å². The van der Waals surface area contributed by atoms with Crippen LogP contribution in [0.25, 0.3) is 0 Å². The summed E-state index contributed by atoms with van der Waals surface area (Å²) in [5.74, 6) is 0.977. The summed E-state index contributed by atoms with van der Waals surface area (Å²) >= 11 is 0. The Hall–Kier alpha value is -3.15. The van der Waals surface area contributed by atoms with Gasteiger partial charge in [0, 0.05) is 30.1 Å². The van der Waals surface area contributed by atoms with E-state index in [0.717, 1.165) is 24.3 Å². The van der Waals surface area contributed by atoms with Crippen LogP contribution in [0.15, 0.2) is 78.9 Å². The van der Waals surface area contributed by atoms with Crippen LogP contribution in [0.3, 0.4) is 0 Å². The van der Waals surface area contributed by atoms with Crippen molar-refractivity contribution < 1.29 is 14.6 Å². The van der Waals surface area contributed by atoms with E-state index in [1.54, 1.807) is 7.11 Å². The van der Waals surface area contributed by atoms with Crippen LogP contribution in [0, 0.1) is 5.92 Å². The van der Waals surface area contributed by atoms with Crippen LogP contribution in [-0.2, 0) is 11.3 Å². The minimum absolute atomic E-state index is 0.0256. The first-order valence-electron chi connectivity index (χ1n) is 13.5. The number of carboxylic acid groups (broad SMARTS) is 1. The summed E-state index contributed by atoms with van der Waals surface area (Å²) in [5.41, 5.74) is 4.89. The van der Waals surface area contributed by atoms with Gasteiger partial charge in [-0.25, -0.2) is 0 Å². The summed E-state index contributed by atoms with van der Waals surface area (Å²) in [7, 11) is 1.73. The predicted octanol–water partition coefficient (Wildman–Crippen LogP) is 5.66. The van der Waals surface area contributed by atoms with Crippen LogP contribution in [0.5, 0.6) is 5.75 Å². The molecule has 3 aliphatic rings. The Balaban J connectivity index is 1.54. The maximum atomic E-state index is 12.4. The smallest absolute Gasteiger partial charge is 0.320 e. The number of carbonyl (C=O) groups is 1. The molecule has 0 amide bonds. The Morgan fingerprint density at radius 3 is 2.22 bits per heavy atom. The zero-order chi connectivity index (χ0) is 25.9. The first-order chi connectivity index (χ1) is 18.0. The van der Waals surface area contributed by atoms with Gasteiger partial charge in [-0.3, -0.25) is 9.69 Å². The van der Waals surface area contributed by atoms with E-state index in [1.165, 1.54) is 16.7 Å². The van der Waals surface area contributed by atoms with Crippen LogP contribution >= 0.6 is 0 Å². The third-order valence-electron chi connectivity index (χ3n) is 8.39. The van der Waals surface area contributed by atoms with Crippen molar-refractivity contribution in [3.8, 4) is 5.75 Å². The van der Waals surface area contributed by atoms with Crippen molar-refractivity contribution in [2.75, 3.05) is 13.7 Å². The topological polar surface area (TPSA) is 61.8 Å². The van der Waals surface area contributed by atoms with Crippen molar-refractivity contribution in [1.29, 1.82) is 0 Å². The molecule has 3 aromatic rings. The van der Waals surface area contributed by atoms with Crippen LogP contribution in [0.4, 0.5) is 0 Å². The maximum Gasteiger partial charge on any atom is 0.320 e. The largest absolute Gasteiger partial charge is 0.496 e. The zero-order valence-corrected chi connectivity index (χ0v) is 22.0. The zero-order valence-electron chi connectivity index (χ0n) is 22.0. The number of methoxy groups -OCH3 is 1. The molecule has 5 nitrogen and oxygen atoms in total. The fraction of sp³-hybridized carbons (Fsp3) is 0.406. The van der Waals surface area contributed by atoms with E-state index < -0.39 is 12.0 Å². The number of benzene rings is 3. The van der Waals surface area contributed by atoms with Gasteiger partial charge in [0.15, 0.2) is 0 Å². The molecule has 1 unspecified atom stereocenters. The second-order valence-corrected chi connectivity index (χ2v) is 10.8. The minimum atomic E-state index is -0.709. The summed E-state index contributed by atoms with van der Waals surface area (Å²) < 4.78 is 5.72. The van der Waals surface area contributed by atoms with Gasteiger partial charge >= 0.3 is 5.97 Å². The van der Waals surface area contributed by atoms with Gasteiger partial charge in [0.25, 0.3) is 0 Å². The van der Waals surface area contributed by atoms with Gasteiger partial charge in [0.2, 0.25) is 0 Å². The van der Waals surface area contributed by atoms with Gasteiger partial charge in [-0.2, -0.15) is 0 Å². The Bertz CT molecular complexity index is 1160. The molecule has 3 fully saturated rings. The molecule has 194 valence electrons.